The van der Waals surface area contributed by atoms with Crippen LogP contribution in [-0.2, 0) is 11.3 Å². The summed E-state index contributed by atoms with van der Waals surface area (Å²) in [7, 11) is 3.78. The number of hydrogen-bond donors (Lipinski definition) is 1. The first-order chi connectivity index (χ1) is 9.45. The van der Waals surface area contributed by atoms with Gasteiger partial charge >= 0.3 is 0 Å². The minimum Gasteiger partial charge on any atom is -0.383 e. The number of anilines is 1. The van der Waals surface area contributed by atoms with Crippen LogP contribution in [0.5, 0.6) is 0 Å². The molecule has 0 aliphatic heterocycles. The molecule has 0 amide bonds. The van der Waals surface area contributed by atoms with Crippen molar-refractivity contribution in [2.45, 2.75) is 33.4 Å². The standard InChI is InChI=1S/C16H27ClN2O/c1-12(2)9-18-10-14-6-7-15(8-16(14)17)19(4)13(3)11-20-5/h6-8,12-13,18H,9-11H2,1-5H3. The Morgan fingerprint density at radius 3 is 2.55 bits per heavy atom. The summed E-state index contributed by atoms with van der Waals surface area (Å²) in [6, 6.07) is 6.56. The largest absolute Gasteiger partial charge is 0.383 e. The minimum atomic E-state index is 0.320. The Labute approximate surface area is 128 Å². The van der Waals surface area contributed by atoms with Gasteiger partial charge in [-0.25, -0.2) is 0 Å². The molecule has 1 rings (SSSR count). The highest BCUT2D eigenvalue weighted by molar-refractivity contribution is 6.31. The van der Waals surface area contributed by atoms with Crippen LogP contribution in [0.3, 0.4) is 0 Å². The number of nitrogens with one attached hydrogen (secondary N) is 1. The number of ether oxygens (including phenoxy) is 1. The second-order valence-corrected chi connectivity index (χ2v) is 6.12. The van der Waals surface area contributed by atoms with Gasteiger partial charge < -0.3 is 15.0 Å². The van der Waals surface area contributed by atoms with Crippen molar-refractivity contribution in [3.8, 4) is 0 Å². The normalized spacial score (nSPS) is 12.8. The highest BCUT2D eigenvalue weighted by Crippen LogP contribution is 2.24. The number of benzene rings is 1. The minimum absolute atomic E-state index is 0.320. The van der Waals surface area contributed by atoms with Gasteiger partial charge in [0, 0.05) is 37.5 Å². The number of halogens is 1. The molecule has 0 radical (unpaired) electrons. The van der Waals surface area contributed by atoms with Crippen LogP contribution in [0.2, 0.25) is 5.02 Å². The molecule has 0 aromatic heterocycles. The Hall–Kier alpha value is -0.770. The molecule has 0 aliphatic carbocycles. The van der Waals surface area contributed by atoms with Crippen molar-refractivity contribution < 1.29 is 4.74 Å². The average Bonchev–Trinajstić information content (AvgIpc) is 2.39. The Kier molecular flexibility index (Phi) is 7.35. The first kappa shape index (κ1) is 17.3. The van der Waals surface area contributed by atoms with Crippen molar-refractivity contribution in [1.29, 1.82) is 0 Å². The quantitative estimate of drug-likeness (QED) is 0.794. The van der Waals surface area contributed by atoms with E-state index < -0.39 is 0 Å². The van der Waals surface area contributed by atoms with Crippen molar-refractivity contribution in [2.75, 3.05) is 32.2 Å². The van der Waals surface area contributed by atoms with Crippen LogP contribution >= 0.6 is 11.6 Å². The van der Waals surface area contributed by atoms with Gasteiger partial charge in [0.2, 0.25) is 0 Å². The molecule has 0 saturated carbocycles. The summed E-state index contributed by atoms with van der Waals surface area (Å²) in [6.07, 6.45) is 0. The van der Waals surface area contributed by atoms with E-state index in [4.69, 9.17) is 16.3 Å². The van der Waals surface area contributed by atoms with Crippen molar-refractivity contribution in [2.24, 2.45) is 5.92 Å². The van der Waals surface area contributed by atoms with Crippen LogP contribution in [0.4, 0.5) is 5.69 Å². The maximum atomic E-state index is 6.37. The van der Waals surface area contributed by atoms with Crippen molar-refractivity contribution >= 4 is 17.3 Å². The zero-order chi connectivity index (χ0) is 15.1. The monoisotopic (exact) mass is 298 g/mol. The Morgan fingerprint density at radius 1 is 1.30 bits per heavy atom. The van der Waals surface area contributed by atoms with E-state index >= 15 is 0 Å². The van der Waals surface area contributed by atoms with Crippen LogP contribution in [0.15, 0.2) is 18.2 Å². The maximum Gasteiger partial charge on any atom is 0.0663 e. The average molecular weight is 299 g/mol. The van der Waals surface area contributed by atoms with Gasteiger partial charge in [0.05, 0.1) is 6.61 Å². The highest BCUT2D eigenvalue weighted by atomic mass is 35.5. The number of likely N-dealkylation sites (N-methyl/N-ethyl adjacent to an activating group) is 1. The number of hydrogen-bond acceptors (Lipinski definition) is 3. The molecule has 0 heterocycles. The summed E-state index contributed by atoms with van der Waals surface area (Å²) in [5.41, 5.74) is 2.26. The zero-order valence-corrected chi connectivity index (χ0v) is 14.0. The van der Waals surface area contributed by atoms with Crippen LogP contribution in [0.1, 0.15) is 26.3 Å². The summed E-state index contributed by atoms with van der Waals surface area (Å²) >= 11 is 6.37. The third-order valence-corrected chi connectivity index (χ3v) is 3.73. The van der Waals surface area contributed by atoms with E-state index in [9.17, 15) is 0 Å². The Morgan fingerprint density at radius 2 is 2.00 bits per heavy atom. The lowest BCUT2D eigenvalue weighted by Gasteiger charge is -2.27. The number of rotatable bonds is 8. The molecule has 4 heteroatoms. The first-order valence-corrected chi connectivity index (χ1v) is 7.54. The fourth-order valence-corrected chi connectivity index (χ4v) is 2.24. The van der Waals surface area contributed by atoms with Gasteiger partial charge in [0.25, 0.3) is 0 Å². The summed E-state index contributed by atoms with van der Waals surface area (Å²) < 4.78 is 5.19. The van der Waals surface area contributed by atoms with Gasteiger partial charge in [-0.15, -0.1) is 0 Å². The van der Waals surface area contributed by atoms with Crippen molar-refractivity contribution in [3.05, 3.63) is 28.8 Å². The summed E-state index contributed by atoms with van der Waals surface area (Å²) in [4.78, 5) is 2.18. The van der Waals surface area contributed by atoms with Crippen LogP contribution in [0.25, 0.3) is 0 Å². The number of nitrogens with zero attached hydrogens (tertiary/aromatic N) is 1. The lowest BCUT2D eigenvalue weighted by atomic mass is 10.1. The van der Waals surface area contributed by atoms with Gasteiger partial charge in [0.1, 0.15) is 0 Å². The lowest BCUT2D eigenvalue weighted by molar-refractivity contribution is 0.183. The van der Waals surface area contributed by atoms with Crippen molar-refractivity contribution in [3.63, 3.8) is 0 Å². The van der Waals surface area contributed by atoms with Gasteiger partial charge in [-0.3, -0.25) is 0 Å². The first-order valence-electron chi connectivity index (χ1n) is 7.16. The summed E-state index contributed by atoms with van der Waals surface area (Å²) in [5.74, 6) is 0.647. The highest BCUT2D eigenvalue weighted by Gasteiger charge is 2.11. The molecule has 1 aromatic carbocycles. The van der Waals surface area contributed by atoms with E-state index in [1.54, 1.807) is 7.11 Å². The third-order valence-electron chi connectivity index (χ3n) is 3.38. The second-order valence-electron chi connectivity index (χ2n) is 5.72. The third kappa shape index (κ3) is 5.31. The van der Waals surface area contributed by atoms with E-state index in [2.05, 4.69) is 50.2 Å². The molecule has 1 aromatic rings. The topological polar surface area (TPSA) is 24.5 Å². The predicted octanol–water partition coefficient (Wildman–Crippen LogP) is 3.56. The molecule has 0 aliphatic rings. The summed E-state index contributed by atoms with van der Waals surface area (Å²) in [5, 5.41) is 4.23. The van der Waals surface area contributed by atoms with E-state index in [0.717, 1.165) is 29.4 Å². The van der Waals surface area contributed by atoms with Gasteiger partial charge in [0.15, 0.2) is 0 Å². The molecule has 20 heavy (non-hydrogen) atoms. The molecular formula is C16H27ClN2O. The van der Waals surface area contributed by atoms with E-state index in [1.807, 2.05) is 6.07 Å². The van der Waals surface area contributed by atoms with Crippen LogP contribution in [0, 0.1) is 5.92 Å². The Balaban J connectivity index is 2.67. The molecule has 3 nitrogen and oxygen atoms in total. The molecule has 0 spiro atoms. The van der Waals surface area contributed by atoms with Crippen LogP contribution < -0.4 is 10.2 Å². The fourth-order valence-electron chi connectivity index (χ4n) is 2.00. The molecule has 1 atom stereocenters. The molecule has 1 N–H and O–H groups in total. The van der Waals surface area contributed by atoms with E-state index in [0.29, 0.717) is 18.6 Å². The fraction of sp³-hybridized carbons (Fsp3) is 0.625. The molecule has 0 fully saturated rings. The molecular weight excluding hydrogens is 272 g/mol. The Bertz CT molecular complexity index is 409. The van der Waals surface area contributed by atoms with E-state index in [-0.39, 0.29) is 0 Å². The lowest BCUT2D eigenvalue weighted by Crippen LogP contribution is -2.32. The molecule has 1 unspecified atom stereocenters. The molecule has 114 valence electrons. The van der Waals surface area contributed by atoms with Gasteiger partial charge in [-0.05, 0) is 37.1 Å². The maximum absolute atomic E-state index is 6.37. The summed E-state index contributed by atoms with van der Waals surface area (Å²) in [6.45, 7) is 9.05. The SMILES string of the molecule is COCC(C)N(C)c1ccc(CNCC(C)C)c(Cl)c1. The predicted molar refractivity (Wildman–Crippen MR) is 87.7 cm³/mol. The smallest absolute Gasteiger partial charge is 0.0663 e. The van der Waals surface area contributed by atoms with Gasteiger partial charge in [-0.1, -0.05) is 31.5 Å². The zero-order valence-electron chi connectivity index (χ0n) is 13.2. The van der Waals surface area contributed by atoms with E-state index in [1.165, 1.54) is 0 Å². The second kappa shape index (κ2) is 8.50. The number of methoxy groups -OCH3 is 1. The van der Waals surface area contributed by atoms with Crippen LogP contribution in [-0.4, -0.2) is 33.4 Å². The van der Waals surface area contributed by atoms with Crippen molar-refractivity contribution in [1.82, 2.24) is 5.32 Å². The molecule has 0 saturated heterocycles. The van der Waals surface area contributed by atoms with Gasteiger partial charge in [-0.2, -0.15) is 0 Å². The molecule has 0 bridgehead atoms.